The van der Waals surface area contributed by atoms with Gasteiger partial charge in [-0.15, -0.1) is 0 Å². The van der Waals surface area contributed by atoms with Crippen molar-refractivity contribution >= 4 is 35.1 Å². The summed E-state index contributed by atoms with van der Waals surface area (Å²) in [4.78, 5) is 35.8. The van der Waals surface area contributed by atoms with Crippen molar-refractivity contribution < 1.29 is 19.1 Å². The average molecular weight is 375 g/mol. The molecule has 0 saturated heterocycles. The van der Waals surface area contributed by atoms with Crippen LogP contribution in [-0.4, -0.2) is 30.4 Å². The minimum atomic E-state index is -0.990. The lowest BCUT2D eigenvalue weighted by molar-refractivity contribution is -0.152. The van der Waals surface area contributed by atoms with Gasteiger partial charge >= 0.3 is 5.97 Å². The zero-order valence-corrected chi connectivity index (χ0v) is 15.2. The number of benzene rings is 2. The summed E-state index contributed by atoms with van der Waals surface area (Å²) >= 11 is 5.75. The fourth-order valence-electron chi connectivity index (χ4n) is 2.11. The first-order valence-electron chi connectivity index (χ1n) is 7.96. The van der Waals surface area contributed by atoms with Crippen LogP contribution in [0.5, 0.6) is 0 Å². The van der Waals surface area contributed by atoms with Crippen LogP contribution in [0.25, 0.3) is 0 Å². The van der Waals surface area contributed by atoms with Gasteiger partial charge in [0, 0.05) is 16.3 Å². The predicted octanol–water partition coefficient (Wildman–Crippen LogP) is 2.95. The Balaban J connectivity index is 1.80. The first-order valence-corrected chi connectivity index (χ1v) is 8.34. The monoisotopic (exact) mass is 374 g/mol. The molecule has 6 nitrogen and oxygen atoms in total. The van der Waals surface area contributed by atoms with Crippen molar-refractivity contribution in [2.75, 3.05) is 11.9 Å². The number of anilines is 1. The van der Waals surface area contributed by atoms with E-state index in [0.29, 0.717) is 16.3 Å². The molecule has 2 rings (SSSR count). The molecular formula is C19H19ClN2O4. The Morgan fingerprint density at radius 2 is 1.81 bits per heavy atom. The predicted molar refractivity (Wildman–Crippen MR) is 99.1 cm³/mol. The molecule has 0 fully saturated rings. The lowest BCUT2D eigenvalue weighted by Crippen LogP contribution is -2.35. The number of ether oxygens (including phenoxy) is 1. The summed E-state index contributed by atoms with van der Waals surface area (Å²) in [6.07, 6.45) is -0.990. The highest BCUT2D eigenvalue weighted by molar-refractivity contribution is 6.30. The van der Waals surface area contributed by atoms with Gasteiger partial charge in [-0.2, -0.15) is 0 Å². The number of hydrogen-bond donors (Lipinski definition) is 2. The fourth-order valence-corrected chi connectivity index (χ4v) is 2.24. The lowest BCUT2D eigenvalue weighted by Gasteiger charge is -2.14. The van der Waals surface area contributed by atoms with Crippen molar-refractivity contribution in [3.63, 3.8) is 0 Å². The summed E-state index contributed by atoms with van der Waals surface area (Å²) in [5.41, 5.74) is 1.98. The van der Waals surface area contributed by atoms with E-state index in [-0.39, 0.29) is 6.54 Å². The molecule has 2 amide bonds. The van der Waals surface area contributed by atoms with E-state index in [9.17, 15) is 14.4 Å². The molecule has 136 valence electrons. The van der Waals surface area contributed by atoms with Crippen LogP contribution in [-0.2, 0) is 14.3 Å². The van der Waals surface area contributed by atoms with Gasteiger partial charge in [0.25, 0.3) is 11.8 Å². The van der Waals surface area contributed by atoms with Gasteiger partial charge in [0.15, 0.2) is 6.10 Å². The molecule has 7 heteroatoms. The third kappa shape index (κ3) is 5.89. The van der Waals surface area contributed by atoms with Crippen molar-refractivity contribution in [3.05, 3.63) is 64.7 Å². The summed E-state index contributed by atoms with van der Waals surface area (Å²) < 4.78 is 5.03. The van der Waals surface area contributed by atoms with E-state index in [2.05, 4.69) is 10.6 Å². The number of rotatable bonds is 6. The molecule has 0 bridgehead atoms. The Kier molecular flexibility index (Phi) is 6.74. The topological polar surface area (TPSA) is 84.5 Å². The SMILES string of the molecule is Cc1cccc(NC(=O)[C@@H](C)OC(=O)CNC(=O)c2ccc(Cl)cc2)c1. The van der Waals surface area contributed by atoms with E-state index in [1.165, 1.54) is 6.92 Å². The first kappa shape index (κ1) is 19.5. The van der Waals surface area contributed by atoms with Gasteiger partial charge in [-0.3, -0.25) is 14.4 Å². The molecule has 2 N–H and O–H groups in total. The zero-order chi connectivity index (χ0) is 19.1. The number of aryl methyl sites for hydroxylation is 1. The number of esters is 1. The molecule has 0 unspecified atom stereocenters. The fraction of sp³-hybridized carbons (Fsp3) is 0.211. The molecule has 0 aliphatic rings. The summed E-state index contributed by atoms with van der Waals surface area (Å²) in [5, 5.41) is 5.61. The molecule has 0 aliphatic heterocycles. The molecule has 0 saturated carbocycles. The van der Waals surface area contributed by atoms with Crippen LogP contribution in [0.1, 0.15) is 22.8 Å². The van der Waals surface area contributed by atoms with Gasteiger partial charge in [-0.1, -0.05) is 23.7 Å². The maximum atomic E-state index is 12.1. The van der Waals surface area contributed by atoms with Crippen LogP contribution in [0.3, 0.4) is 0 Å². The molecule has 2 aromatic rings. The van der Waals surface area contributed by atoms with Gasteiger partial charge in [-0.25, -0.2) is 0 Å². The molecule has 0 aliphatic carbocycles. The highest BCUT2D eigenvalue weighted by Crippen LogP contribution is 2.11. The largest absolute Gasteiger partial charge is 0.451 e. The number of carbonyl (C=O) groups is 3. The molecule has 0 heterocycles. The number of carbonyl (C=O) groups excluding carboxylic acids is 3. The molecule has 1 atom stereocenters. The highest BCUT2D eigenvalue weighted by atomic mass is 35.5. The maximum absolute atomic E-state index is 12.1. The Morgan fingerprint density at radius 1 is 1.12 bits per heavy atom. The molecule has 0 radical (unpaired) electrons. The van der Waals surface area contributed by atoms with Crippen LogP contribution >= 0.6 is 11.6 Å². The molecular weight excluding hydrogens is 356 g/mol. The lowest BCUT2D eigenvalue weighted by atomic mass is 10.2. The highest BCUT2D eigenvalue weighted by Gasteiger charge is 2.18. The second-order valence-electron chi connectivity index (χ2n) is 5.68. The Labute approximate surface area is 156 Å². The van der Waals surface area contributed by atoms with Crippen molar-refractivity contribution in [2.24, 2.45) is 0 Å². The quantitative estimate of drug-likeness (QED) is 0.761. The van der Waals surface area contributed by atoms with E-state index in [1.807, 2.05) is 19.1 Å². The summed E-state index contributed by atoms with van der Waals surface area (Å²) in [7, 11) is 0. The number of nitrogens with one attached hydrogen (secondary N) is 2. The van der Waals surface area contributed by atoms with E-state index >= 15 is 0 Å². The van der Waals surface area contributed by atoms with E-state index in [0.717, 1.165) is 5.56 Å². The summed E-state index contributed by atoms with van der Waals surface area (Å²) in [6.45, 7) is 3.02. The minimum absolute atomic E-state index is 0.344. The number of amides is 2. The van der Waals surface area contributed by atoms with Crippen molar-refractivity contribution in [3.8, 4) is 0 Å². The van der Waals surface area contributed by atoms with Gasteiger partial charge in [-0.05, 0) is 55.8 Å². The van der Waals surface area contributed by atoms with Gasteiger partial charge in [0.2, 0.25) is 0 Å². The van der Waals surface area contributed by atoms with Gasteiger partial charge in [0.1, 0.15) is 6.54 Å². The van der Waals surface area contributed by atoms with Gasteiger partial charge in [0.05, 0.1) is 0 Å². The summed E-state index contributed by atoms with van der Waals surface area (Å²) in [5.74, 6) is -1.59. The van der Waals surface area contributed by atoms with Crippen LogP contribution in [0.2, 0.25) is 5.02 Å². The van der Waals surface area contributed by atoms with Crippen molar-refractivity contribution in [1.82, 2.24) is 5.32 Å². The first-order chi connectivity index (χ1) is 12.3. The molecule has 2 aromatic carbocycles. The van der Waals surface area contributed by atoms with Crippen LogP contribution in [0.4, 0.5) is 5.69 Å². The maximum Gasteiger partial charge on any atom is 0.326 e. The second kappa shape index (κ2) is 9.01. The normalized spacial score (nSPS) is 11.3. The van der Waals surface area contributed by atoms with Crippen LogP contribution < -0.4 is 10.6 Å². The van der Waals surface area contributed by atoms with Crippen LogP contribution in [0, 0.1) is 6.92 Å². The third-order valence-electron chi connectivity index (χ3n) is 3.46. The Morgan fingerprint density at radius 3 is 2.46 bits per heavy atom. The Hall–Kier alpha value is -2.86. The van der Waals surface area contributed by atoms with E-state index < -0.39 is 23.9 Å². The average Bonchev–Trinajstić information content (AvgIpc) is 2.60. The summed E-state index contributed by atoms with van der Waals surface area (Å²) in [6, 6.07) is 13.5. The number of hydrogen-bond acceptors (Lipinski definition) is 4. The second-order valence-corrected chi connectivity index (χ2v) is 6.12. The van der Waals surface area contributed by atoms with E-state index in [1.54, 1.807) is 36.4 Å². The Bertz CT molecular complexity index is 805. The standard InChI is InChI=1S/C19H19ClN2O4/c1-12-4-3-5-16(10-12)22-18(24)13(2)26-17(23)11-21-19(25)14-6-8-15(20)9-7-14/h3-10,13H,11H2,1-2H3,(H,21,25)(H,22,24)/t13-/m1/s1. The van der Waals surface area contributed by atoms with Crippen molar-refractivity contribution in [2.45, 2.75) is 20.0 Å². The molecule has 26 heavy (non-hydrogen) atoms. The van der Waals surface area contributed by atoms with Gasteiger partial charge < -0.3 is 15.4 Å². The molecule has 0 aromatic heterocycles. The van der Waals surface area contributed by atoms with E-state index in [4.69, 9.17) is 16.3 Å². The van der Waals surface area contributed by atoms with Crippen LogP contribution in [0.15, 0.2) is 48.5 Å². The third-order valence-corrected chi connectivity index (χ3v) is 3.71. The smallest absolute Gasteiger partial charge is 0.326 e. The molecule has 0 spiro atoms. The van der Waals surface area contributed by atoms with Crippen molar-refractivity contribution in [1.29, 1.82) is 0 Å². The zero-order valence-electron chi connectivity index (χ0n) is 14.4. The number of halogens is 1. The minimum Gasteiger partial charge on any atom is -0.451 e.